The summed E-state index contributed by atoms with van der Waals surface area (Å²) in [5.41, 5.74) is 0. The molecule has 0 saturated carbocycles. The number of hydrogen-bond acceptors (Lipinski definition) is 12. The van der Waals surface area contributed by atoms with Gasteiger partial charge in [0.15, 0.2) is 12.1 Å². The Morgan fingerprint density at radius 2 is 1.54 bits per heavy atom. The van der Waals surface area contributed by atoms with Gasteiger partial charge >= 0.3 is 5.97 Å². The number of carbonyl (C=O) groups is 1. The van der Waals surface area contributed by atoms with Crippen LogP contribution in [0.5, 0.6) is 0 Å². The standard InChI is InChI=1S/C15H26O13/c16-3-5-8(20)9(21)10(22)14(26-5)27-12-6(4-17)28-15(25,2-1-7(18)19)13(24)11(12)23/h5-6,8-14,16-17,20-25H,1-4H2,(H,18,19)/t5-,6-,8+,9+,10-,11+,12-,13-,14+,15?/m1/s1. The Morgan fingerprint density at radius 3 is 2.07 bits per heavy atom. The van der Waals surface area contributed by atoms with E-state index in [4.69, 9.17) is 19.3 Å². The second-order valence-electron chi connectivity index (χ2n) is 6.81. The van der Waals surface area contributed by atoms with Gasteiger partial charge in [-0.05, 0) is 0 Å². The molecule has 0 bridgehead atoms. The number of aliphatic carboxylic acids is 1. The predicted octanol–water partition coefficient (Wildman–Crippen LogP) is -5.16. The summed E-state index contributed by atoms with van der Waals surface area (Å²) in [5.74, 6) is -3.78. The lowest BCUT2D eigenvalue weighted by atomic mass is 9.89. The van der Waals surface area contributed by atoms with E-state index in [9.17, 15) is 45.6 Å². The van der Waals surface area contributed by atoms with Gasteiger partial charge in [0.1, 0.15) is 48.8 Å². The summed E-state index contributed by atoms with van der Waals surface area (Å²) < 4.78 is 15.6. The topological polar surface area (TPSA) is 227 Å². The molecule has 2 rings (SSSR count). The molecule has 2 heterocycles. The number of hydrogen-bond donors (Lipinski definition) is 9. The van der Waals surface area contributed by atoms with Crippen molar-refractivity contribution in [2.75, 3.05) is 13.2 Å². The first-order valence-corrected chi connectivity index (χ1v) is 8.60. The van der Waals surface area contributed by atoms with E-state index in [-0.39, 0.29) is 0 Å². The number of carboxylic acid groups (broad SMARTS) is 1. The fourth-order valence-corrected chi connectivity index (χ4v) is 3.20. The van der Waals surface area contributed by atoms with Crippen LogP contribution in [0.1, 0.15) is 12.8 Å². The Hall–Kier alpha value is -0.970. The highest BCUT2D eigenvalue weighted by molar-refractivity contribution is 5.66. The molecule has 0 spiro atoms. The summed E-state index contributed by atoms with van der Waals surface area (Å²) in [6.45, 7) is -1.56. The first kappa shape index (κ1) is 23.3. The quantitative estimate of drug-likeness (QED) is 0.190. The largest absolute Gasteiger partial charge is 0.481 e. The highest BCUT2D eigenvalue weighted by atomic mass is 16.7. The predicted molar refractivity (Wildman–Crippen MR) is 84.4 cm³/mol. The average Bonchev–Trinajstić information content (AvgIpc) is 2.66. The molecule has 2 saturated heterocycles. The van der Waals surface area contributed by atoms with Crippen molar-refractivity contribution in [3.05, 3.63) is 0 Å². The number of carboxylic acids is 1. The zero-order valence-electron chi connectivity index (χ0n) is 14.7. The normalized spacial score (nSPS) is 47.1. The van der Waals surface area contributed by atoms with Crippen LogP contribution in [0, 0.1) is 0 Å². The number of aliphatic hydroxyl groups excluding tert-OH is 7. The molecule has 0 amide bonds. The maximum absolute atomic E-state index is 10.7. The summed E-state index contributed by atoms with van der Waals surface area (Å²) in [5, 5.41) is 87.8. The Kier molecular flexibility index (Phi) is 7.69. The number of rotatable bonds is 7. The molecule has 0 aromatic rings. The summed E-state index contributed by atoms with van der Waals surface area (Å²) in [6, 6.07) is 0. The van der Waals surface area contributed by atoms with Gasteiger partial charge in [0.25, 0.3) is 0 Å². The smallest absolute Gasteiger partial charge is 0.303 e. The average molecular weight is 414 g/mol. The van der Waals surface area contributed by atoms with Crippen molar-refractivity contribution in [3.8, 4) is 0 Å². The van der Waals surface area contributed by atoms with Crippen LogP contribution in [-0.4, -0.2) is 126 Å². The van der Waals surface area contributed by atoms with Crippen molar-refractivity contribution < 1.29 is 65.0 Å². The van der Waals surface area contributed by atoms with E-state index in [1.807, 2.05) is 0 Å². The van der Waals surface area contributed by atoms with Gasteiger partial charge in [-0.25, -0.2) is 0 Å². The minimum absolute atomic E-state index is 0.593. The van der Waals surface area contributed by atoms with Crippen molar-refractivity contribution in [2.45, 2.75) is 73.8 Å². The third-order valence-electron chi connectivity index (χ3n) is 4.86. The molecule has 0 aromatic heterocycles. The molecule has 0 aliphatic carbocycles. The third kappa shape index (κ3) is 4.60. The lowest BCUT2D eigenvalue weighted by molar-refractivity contribution is -0.384. The molecule has 13 heteroatoms. The number of aliphatic hydroxyl groups is 8. The Morgan fingerprint density at radius 1 is 0.929 bits per heavy atom. The van der Waals surface area contributed by atoms with Crippen molar-refractivity contribution in [2.24, 2.45) is 0 Å². The number of ether oxygens (including phenoxy) is 3. The molecular weight excluding hydrogens is 388 g/mol. The van der Waals surface area contributed by atoms with E-state index in [2.05, 4.69) is 0 Å². The van der Waals surface area contributed by atoms with E-state index in [1.165, 1.54) is 0 Å². The molecule has 1 unspecified atom stereocenters. The van der Waals surface area contributed by atoms with Crippen LogP contribution in [-0.2, 0) is 19.0 Å². The SMILES string of the molecule is O=C(O)CCC1(O)O[C@H](CO)[C@@H](O[C@@H]2O[C@H](CO)[C@H](O)[C@H](O)[C@H]2O)[C@H](O)[C@H]1O. The Bertz CT molecular complexity index is 528. The van der Waals surface area contributed by atoms with Crippen LogP contribution in [0.2, 0.25) is 0 Å². The van der Waals surface area contributed by atoms with Gasteiger partial charge in [-0.15, -0.1) is 0 Å². The van der Waals surface area contributed by atoms with Crippen molar-refractivity contribution >= 4 is 5.97 Å². The lowest BCUT2D eigenvalue weighted by Crippen LogP contribution is -2.68. The van der Waals surface area contributed by atoms with Crippen LogP contribution in [0.3, 0.4) is 0 Å². The summed E-state index contributed by atoms with van der Waals surface area (Å²) in [4.78, 5) is 10.7. The zero-order chi connectivity index (χ0) is 21.2. The minimum Gasteiger partial charge on any atom is -0.481 e. The van der Waals surface area contributed by atoms with Crippen LogP contribution >= 0.6 is 0 Å². The van der Waals surface area contributed by atoms with Gasteiger partial charge in [0, 0.05) is 6.42 Å². The summed E-state index contributed by atoms with van der Waals surface area (Å²) >= 11 is 0. The molecule has 0 aromatic carbocycles. The van der Waals surface area contributed by atoms with Crippen LogP contribution in [0.25, 0.3) is 0 Å². The minimum atomic E-state index is -2.49. The van der Waals surface area contributed by atoms with Crippen LogP contribution in [0.15, 0.2) is 0 Å². The Balaban J connectivity index is 2.15. The molecule has 0 radical (unpaired) electrons. The third-order valence-corrected chi connectivity index (χ3v) is 4.86. The maximum atomic E-state index is 10.7. The zero-order valence-corrected chi connectivity index (χ0v) is 14.7. The lowest BCUT2D eigenvalue weighted by Gasteiger charge is -2.49. The highest BCUT2D eigenvalue weighted by Crippen LogP contribution is 2.35. The van der Waals surface area contributed by atoms with Crippen LogP contribution < -0.4 is 0 Å². The van der Waals surface area contributed by atoms with Gasteiger partial charge < -0.3 is 60.2 Å². The van der Waals surface area contributed by atoms with E-state index in [0.29, 0.717) is 0 Å². The maximum Gasteiger partial charge on any atom is 0.303 e. The molecule has 2 aliphatic heterocycles. The van der Waals surface area contributed by atoms with E-state index >= 15 is 0 Å². The molecule has 2 aliphatic rings. The van der Waals surface area contributed by atoms with Gasteiger partial charge in [0.05, 0.1) is 19.6 Å². The molecule has 9 N–H and O–H groups in total. The fraction of sp³-hybridized carbons (Fsp3) is 0.933. The molecule has 164 valence electrons. The first-order chi connectivity index (χ1) is 13.1. The van der Waals surface area contributed by atoms with E-state index in [0.717, 1.165) is 0 Å². The highest BCUT2D eigenvalue weighted by Gasteiger charge is 2.55. The van der Waals surface area contributed by atoms with Gasteiger partial charge in [-0.2, -0.15) is 0 Å². The molecular formula is C15H26O13. The van der Waals surface area contributed by atoms with Gasteiger partial charge in [-0.1, -0.05) is 0 Å². The second-order valence-corrected chi connectivity index (χ2v) is 6.81. The summed E-state index contributed by atoms with van der Waals surface area (Å²) in [6.07, 6.45) is -16.4. The molecule has 10 atom stereocenters. The van der Waals surface area contributed by atoms with Crippen molar-refractivity contribution in [3.63, 3.8) is 0 Å². The summed E-state index contributed by atoms with van der Waals surface area (Å²) in [7, 11) is 0. The van der Waals surface area contributed by atoms with E-state index in [1.54, 1.807) is 0 Å². The van der Waals surface area contributed by atoms with Gasteiger partial charge in [-0.3, -0.25) is 4.79 Å². The molecule has 2 fully saturated rings. The Labute approximate surface area is 158 Å². The van der Waals surface area contributed by atoms with Gasteiger partial charge in [0.2, 0.25) is 0 Å². The van der Waals surface area contributed by atoms with Crippen molar-refractivity contribution in [1.29, 1.82) is 0 Å². The molecule has 28 heavy (non-hydrogen) atoms. The monoisotopic (exact) mass is 414 g/mol. The van der Waals surface area contributed by atoms with Crippen molar-refractivity contribution in [1.82, 2.24) is 0 Å². The second kappa shape index (κ2) is 9.23. The van der Waals surface area contributed by atoms with Crippen LogP contribution in [0.4, 0.5) is 0 Å². The first-order valence-electron chi connectivity index (χ1n) is 8.60. The van der Waals surface area contributed by atoms with E-state index < -0.39 is 92.9 Å². The molecule has 13 nitrogen and oxygen atoms in total. The fourth-order valence-electron chi connectivity index (χ4n) is 3.20.